The SMILES string of the molecule is CC1(C(=O)Cc2c(Cl)cccc2Cl)CCCCC1. The molecule has 0 atom stereocenters. The minimum atomic E-state index is -0.180. The van der Waals surface area contributed by atoms with Gasteiger partial charge in [-0.15, -0.1) is 0 Å². The molecule has 1 aromatic carbocycles. The minimum absolute atomic E-state index is 0.180. The second kappa shape index (κ2) is 5.63. The topological polar surface area (TPSA) is 17.1 Å². The molecule has 0 radical (unpaired) electrons. The van der Waals surface area contributed by atoms with Crippen LogP contribution in [0.15, 0.2) is 18.2 Å². The lowest BCUT2D eigenvalue weighted by atomic mass is 9.71. The number of carbonyl (C=O) groups is 1. The third-order valence-electron chi connectivity index (χ3n) is 4.03. The molecule has 0 heterocycles. The van der Waals surface area contributed by atoms with Gasteiger partial charge >= 0.3 is 0 Å². The van der Waals surface area contributed by atoms with Gasteiger partial charge in [0.25, 0.3) is 0 Å². The van der Waals surface area contributed by atoms with E-state index >= 15 is 0 Å². The molecule has 0 N–H and O–H groups in total. The van der Waals surface area contributed by atoms with Gasteiger partial charge in [0.05, 0.1) is 0 Å². The van der Waals surface area contributed by atoms with Gasteiger partial charge in [0, 0.05) is 21.9 Å². The molecule has 0 aliphatic heterocycles. The number of rotatable bonds is 3. The summed E-state index contributed by atoms with van der Waals surface area (Å²) >= 11 is 12.2. The molecule has 98 valence electrons. The fourth-order valence-corrected chi connectivity index (χ4v) is 3.22. The quantitative estimate of drug-likeness (QED) is 0.757. The van der Waals surface area contributed by atoms with Gasteiger partial charge in [-0.05, 0) is 30.5 Å². The third-order valence-corrected chi connectivity index (χ3v) is 4.74. The molecule has 1 fully saturated rings. The van der Waals surface area contributed by atoms with Crippen LogP contribution < -0.4 is 0 Å². The standard InChI is InChI=1S/C15H18Cl2O/c1-15(8-3-2-4-9-15)14(18)10-11-12(16)6-5-7-13(11)17/h5-7H,2-4,8-10H2,1H3. The fourth-order valence-electron chi connectivity index (χ4n) is 2.69. The molecule has 0 bridgehead atoms. The summed E-state index contributed by atoms with van der Waals surface area (Å²) in [5.41, 5.74) is 0.596. The lowest BCUT2D eigenvalue weighted by Crippen LogP contribution is -2.31. The summed E-state index contributed by atoms with van der Waals surface area (Å²) in [6.07, 6.45) is 5.89. The molecule has 0 saturated heterocycles. The number of ketones is 1. The highest BCUT2D eigenvalue weighted by Crippen LogP contribution is 2.38. The summed E-state index contributed by atoms with van der Waals surface area (Å²) in [6.45, 7) is 2.08. The zero-order valence-corrected chi connectivity index (χ0v) is 12.2. The van der Waals surface area contributed by atoms with E-state index in [1.165, 1.54) is 6.42 Å². The Balaban J connectivity index is 2.16. The van der Waals surface area contributed by atoms with Gasteiger partial charge in [-0.25, -0.2) is 0 Å². The van der Waals surface area contributed by atoms with Crippen molar-refractivity contribution in [1.29, 1.82) is 0 Å². The lowest BCUT2D eigenvalue weighted by molar-refractivity contribution is -0.128. The van der Waals surface area contributed by atoms with Crippen LogP contribution in [0, 0.1) is 5.41 Å². The van der Waals surface area contributed by atoms with Crippen LogP contribution in [0.1, 0.15) is 44.6 Å². The summed E-state index contributed by atoms with van der Waals surface area (Å²) in [7, 11) is 0. The number of Topliss-reactive ketones (excluding diaryl/α,β-unsaturated/α-hetero) is 1. The van der Waals surface area contributed by atoms with Crippen molar-refractivity contribution in [2.45, 2.75) is 45.4 Å². The fraction of sp³-hybridized carbons (Fsp3) is 0.533. The van der Waals surface area contributed by atoms with Crippen molar-refractivity contribution in [2.75, 3.05) is 0 Å². The Morgan fingerprint density at radius 2 is 1.72 bits per heavy atom. The molecule has 3 heteroatoms. The first kappa shape index (κ1) is 13.9. The van der Waals surface area contributed by atoms with Crippen molar-refractivity contribution in [1.82, 2.24) is 0 Å². The van der Waals surface area contributed by atoms with Crippen LogP contribution in [0.5, 0.6) is 0 Å². The normalized spacial score (nSPS) is 18.6. The molecular weight excluding hydrogens is 267 g/mol. The van der Waals surface area contributed by atoms with Crippen molar-refractivity contribution in [2.24, 2.45) is 5.41 Å². The third kappa shape index (κ3) is 2.89. The Bertz CT molecular complexity index is 428. The van der Waals surface area contributed by atoms with Gasteiger partial charge in [0.1, 0.15) is 5.78 Å². The smallest absolute Gasteiger partial charge is 0.143 e. The molecule has 1 aliphatic rings. The van der Waals surface area contributed by atoms with Crippen molar-refractivity contribution in [3.8, 4) is 0 Å². The van der Waals surface area contributed by atoms with Gasteiger partial charge in [0.15, 0.2) is 0 Å². The number of benzene rings is 1. The van der Waals surface area contributed by atoms with Crippen molar-refractivity contribution in [3.05, 3.63) is 33.8 Å². The molecule has 0 amide bonds. The van der Waals surface area contributed by atoms with E-state index in [0.717, 1.165) is 31.2 Å². The summed E-state index contributed by atoms with van der Waals surface area (Å²) in [4.78, 5) is 12.5. The van der Waals surface area contributed by atoms with E-state index in [0.29, 0.717) is 16.5 Å². The van der Waals surface area contributed by atoms with Gasteiger partial charge in [-0.2, -0.15) is 0 Å². The van der Waals surface area contributed by atoms with E-state index in [2.05, 4.69) is 6.92 Å². The van der Waals surface area contributed by atoms with Crippen molar-refractivity contribution >= 4 is 29.0 Å². The van der Waals surface area contributed by atoms with Crippen LogP contribution >= 0.6 is 23.2 Å². The molecule has 0 unspecified atom stereocenters. The predicted octanol–water partition coefficient (Wildman–Crippen LogP) is 5.08. The summed E-state index contributed by atoms with van der Waals surface area (Å²) in [6, 6.07) is 5.39. The lowest BCUT2D eigenvalue weighted by Gasteiger charge is -2.32. The van der Waals surface area contributed by atoms with E-state index in [1.807, 2.05) is 0 Å². The maximum Gasteiger partial charge on any atom is 0.143 e. The molecular formula is C15H18Cl2O. The van der Waals surface area contributed by atoms with Crippen LogP contribution in [0.3, 0.4) is 0 Å². The first-order valence-corrected chi connectivity index (χ1v) is 7.25. The van der Waals surface area contributed by atoms with Crippen LogP contribution in [-0.4, -0.2) is 5.78 Å². The van der Waals surface area contributed by atoms with Gasteiger partial charge in [-0.3, -0.25) is 4.79 Å². The average molecular weight is 285 g/mol. The molecule has 1 nitrogen and oxygen atoms in total. The Kier molecular flexibility index (Phi) is 4.34. The first-order chi connectivity index (χ1) is 8.53. The zero-order valence-electron chi connectivity index (χ0n) is 10.6. The Hall–Kier alpha value is -0.530. The molecule has 1 saturated carbocycles. The van der Waals surface area contributed by atoms with Crippen LogP contribution in [0.2, 0.25) is 10.0 Å². The van der Waals surface area contributed by atoms with Gasteiger partial charge < -0.3 is 0 Å². The molecule has 2 rings (SSSR count). The van der Waals surface area contributed by atoms with Crippen molar-refractivity contribution < 1.29 is 4.79 Å². The Morgan fingerprint density at radius 1 is 1.17 bits per heavy atom. The molecule has 0 spiro atoms. The monoisotopic (exact) mass is 284 g/mol. The van der Waals surface area contributed by atoms with E-state index < -0.39 is 0 Å². The molecule has 1 aromatic rings. The maximum atomic E-state index is 12.5. The highest BCUT2D eigenvalue weighted by molar-refractivity contribution is 6.36. The average Bonchev–Trinajstić information content (AvgIpc) is 2.34. The van der Waals surface area contributed by atoms with Crippen LogP contribution in [-0.2, 0) is 11.2 Å². The van der Waals surface area contributed by atoms with E-state index in [1.54, 1.807) is 18.2 Å². The minimum Gasteiger partial charge on any atom is -0.299 e. The van der Waals surface area contributed by atoms with Crippen LogP contribution in [0.4, 0.5) is 0 Å². The maximum absolute atomic E-state index is 12.5. The largest absolute Gasteiger partial charge is 0.299 e. The molecule has 0 aromatic heterocycles. The Labute approximate surface area is 118 Å². The first-order valence-electron chi connectivity index (χ1n) is 6.49. The number of hydrogen-bond donors (Lipinski definition) is 0. The van der Waals surface area contributed by atoms with Gasteiger partial charge in [-0.1, -0.05) is 55.5 Å². The summed E-state index contributed by atoms with van der Waals surface area (Å²) in [5.74, 6) is 0.275. The van der Waals surface area contributed by atoms with E-state index in [9.17, 15) is 4.79 Å². The number of halogens is 2. The van der Waals surface area contributed by atoms with E-state index in [-0.39, 0.29) is 11.2 Å². The summed E-state index contributed by atoms with van der Waals surface area (Å²) < 4.78 is 0. The predicted molar refractivity (Wildman–Crippen MR) is 76.4 cm³/mol. The number of carbonyl (C=O) groups excluding carboxylic acids is 1. The Morgan fingerprint density at radius 3 is 2.28 bits per heavy atom. The summed E-state index contributed by atoms with van der Waals surface area (Å²) in [5, 5.41) is 1.19. The molecule has 1 aliphatic carbocycles. The zero-order chi connectivity index (χ0) is 13.2. The highest BCUT2D eigenvalue weighted by Gasteiger charge is 2.34. The highest BCUT2D eigenvalue weighted by atomic mass is 35.5. The second-order valence-electron chi connectivity index (χ2n) is 5.42. The molecule has 18 heavy (non-hydrogen) atoms. The second-order valence-corrected chi connectivity index (χ2v) is 6.24. The van der Waals surface area contributed by atoms with Crippen molar-refractivity contribution in [3.63, 3.8) is 0 Å². The van der Waals surface area contributed by atoms with Crippen LogP contribution in [0.25, 0.3) is 0 Å². The van der Waals surface area contributed by atoms with Gasteiger partial charge in [0.2, 0.25) is 0 Å². The number of hydrogen-bond acceptors (Lipinski definition) is 1. The van der Waals surface area contributed by atoms with E-state index in [4.69, 9.17) is 23.2 Å².